The van der Waals surface area contributed by atoms with Crippen LogP contribution in [-0.2, 0) is 6.42 Å². The highest BCUT2D eigenvalue weighted by Crippen LogP contribution is 2.14. The minimum Gasteiger partial charge on any atom is -0.381 e. The van der Waals surface area contributed by atoms with E-state index in [1.54, 1.807) is 24.4 Å². The summed E-state index contributed by atoms with van der Waals surface area (Å²) in [4.78, 5) is 3.99. The normalized spacial score (nSPS) is 12.2. The third-order valence-corrected chi connectivity index (χ3v) is 2.85. The fourth-order valence-corrected chi connectivity index (χ4v) is 1.90. The van der Waals surface area contributed by atoms with Gasteiger partial charge in [0.25, 0.3) is 0 Å². The van der Waals surface area contributed by atoms with Gasteiger partial charge in [-0.2, -0.15) is 0 Å². The summed E-state index contributed by atoms with van der Waals surface area (Å²) in [6.07, 6.45) is 2.29. The van der Waals surface area contributed by atoms with Gasteiger partial charge < -0.3 is 5.32 Å². The Morgan fingerprint density at radius 2 is 2.06 bits per heavy atom. The SMILES string of the molecule is CC(Cc1ccccc1F)Nc1ccc(Cl)nc1. The summed E-state index contributed by atoms with van der Waals surface area (Å²) in [5.41, 5.74) is 1.59. The molecule has 1 atom stereocenters. The van der Waals surface area contributed by atoms with Gasteiger partial charge in [0, 0.05) is 6.04 Å². The average Bonchev–Trinajstić information content (AvgIpc) is 2.35. The van der Waals surface area contributed by atoms with Gasteiger partial charge in [0.1, 0.15) is 11.0 Å². The Morgan fingerprint density at radius 1 is 1.28 bits per heavy atom. The minimum atomic E-state index is -0.166. The van der Waals surface area contributed by atoms with E-state index >= 15 is 0 Å². The molecule has 4 heteroatoms. The van der Waals surface area contributed by atoms with Crippen molar-refractivity contribution in [3.8, 4) is 0 Å². The number of anilines is 1. The predicted molar refractivity (Wildman–Crippen MR) is 72.4 cm³/mol. The summed E-state index contributed by atoms with van der Waals surface area (Å²) >= 11 is 5.71. The molecule has 0 amide bonds. The molecule has 1 aromatic heterocycles. The van der Waals surface area contributed by atoms with Crippen molar-refractivity contribution >= 4 is 17.3 Å². The van der Waals surface area contributed by atoms with Gasteiger partial charge in [0.05, 0.1) is 11.9 Å². The molecule has 0 aliphatic carbocycles. The second-order valence-corrected chi connectivity index (χ2v) is 4.60. The Hall–Kier alpha value is -1.61. The highest BCUT2D eigenvalue weighted by atomic mass is 35.5. The third-order valence-electron chi connectivity index (χ3n) is 2.62. The van der Waals surface area contributed by atoms with Crippen molar-refractivity contribution in [2.75, 3.05) is 5.32 Å². The van der Waals surface area contributed by atoms with E-state index in [0.717, 1.165) is 5.69 Å². The van der Waals surface area contributed by atoms with Crippen LogP contribution in [0, 0.1) is 5.82 Å². The maximum atomic E-state index is 13.5. The van der Waals surface area contributed by atoms with Gasteiger partial charge in [-0.25, -0.2) is 9.37 Å². The number of pyridine rings is 1. The first kappa shape index (κ1) is 12.8. The molecule has 94 valence electrons. The number of benzene rings is 1. The average molecular weight is 265 g/mol. The largest absolute Gasteiger partial charge is 0.381 e. The van der Waals surface area contributed by atoms with Crippen LogP contribution in [-0.4, -0.2) is 11.0 Å². The minimum absolute atomic E-state index is 0.116. The van der Waals surface area contributed by atoms with E-state index in [9.17, 15) is 4.39 Å². The van der Waals surface area contributed by atoms with E-state index < -0.39 is 0 Å². The fraction of sp³-hybridized carbons (Fsp3) is 0.214. The van der Waals surface area contributed by atoms with Crippen LogP contribution in [0.25, 0.3) is 0 Å². The molecule has 1 heterocycles. The quantitative estimate of drug-likeness (QED) is 0.847. The van der Waals surface area contributed by atoms with Crippen LogP contribution in [0.3, 0.4) is 0 Å². The van der Waals surface area contributed by atoms with Crippen LogP contribution >= 0.6 is 11.6 Å². The molecular weight excluding hydrogens is 251 g/mol. The van der Waals surface area contributed by atoms with Gasteiger partial charge >= 0.3 is 0 Å². The Morgan fingerprint density at radius 3 is 2.72 bits per heavy atom. The molecule has 18 heavy (non-hydrogen) atoms. The lowest BCUT2D eigenvalue weighted by molar-refractivity contribution is 0.601. The number of nitrogens with zero attached hydrogens (tertiary/aromatic N) is 1. The molecular formula is C14H14ClFN2. The van der Waals surface area contributed by atoms with E-state index in [1.165, 1.54) is 6.07 Å². The lowest BCUT2D eigenvalue weighted by atomic mass is 10.1. The van der Waals surface area contributed by atoms with Crippen LogP contribution in [0.5, 0.6) is 0 Å². The van der Waals surface area contributed by atoms with Gasteiger partial charge in [-0.05, 0) is 37.1 Å². The monoisotopic (exact) mass is 264 g/mol. The first-order valence-electron chi connectivity index (χ1n) is 5.76. The molecule has 0 aliphatic rings. The molecule has 0 saturated carbocycles. The zero-order valence-corrected chi connectivity index (χ0v) is 10.8. The molecule has 1 unspecified atom stereocenters. The lowest BCUT2D eigenvalue weighted by Crippen LogP contribution is -2.18. The summed E-state index contributed by atoms with van der Waals surface area (Å²) in [6, 6.07) is 10.5. The highest BCUT2D eigenvalue weighted by molar-refractivity contribution is 6.29. The predicted octanol–water partition coefficient (Wildman–Crippen LogP) is 3.92. The van der Waals surface area contributed by atoms with E-state index in [0.29, 0.717) is 17.1 Å². The van der Waals surface area contributed by atoms with Crippen molar-refractivity contribution in [3.63, 3.8) is 0 Å². The molecule has 0 radical (unpaired) electrons. The lowest BCUT2D eigenvalue weighted by Gasteiger charge is -2.15. The number of hydrogen-bond donors (Lipinski definition) is 1. The molecule has 2 nitrogen and oxygen atoms in total. The fourth-order valence-electron chi connectivity index (χ4n) is 1.79. The topological polar surface area (TPSA) is 24.9 Å². The Labute approximate surface area is 111 Å². The summed E-state index contributed by atoms with van der Waals surface area (Å²) in [5, 5.41) is 3.72. The molecule has 0 saturated heterocycles. The summed E-state index contributed by atoms with van der Waals surface area (Å²) < 4.78 is 13.5. The molecule has 0 aliphatic heterocycles. The van der Waals surface area contributed by atoms with Gasteiger partial charge in [-0.3, -0.25) is 0 Å². The Bertz CT molecular complexity index is 513. The van der Waals surface area contributed by atoms with E-state index in [2.05, 4.69) is 10.3 Å². The molecule has 0 bridgehead atoms. The zero-order chi connectivity index (χ0) is 13.0. The Kier molecular flexibility index (Phi) is 4.15. The van der Waals surface area contributed by atoms with Crippen molar-refractivity contribution in [2.45, 2.75) is 19.4 Å². The third kappa shape index (κ3) is 3.44. The molecule has 0 spiro atoms. The number of nitrogens with one attached hydrogen (secondary N) is 1. The molecule has 1 N–H and O–H groups in total. The highest BCUT2D eigenvalue weighted by Gasteiger charge is 2.07. The number of hydrogen-bond acceptors (Lipinski definition) is 2. The van der Waals surface area contributed by atoms with Crippen LogP contribution in [0.1, 0.15) is 12.5 Å². The first-order chi connectivity index (χ1) is 8.65. The van der Waals surface area contributed by atoms with E-state index in [-0.39, 0.29) is 11.9 Å². The van der Waals surface area contributed by atoms with Gasteiger partial charge in [-0.1, -0.05) is 29.8 Å². The Balaban J connectivity index is 1.99. The van der Waals surface area contributed by atoms with E-state index in [4.69, 9.17) is 11.6 Å². The number of halogens is 2. The summed E-state index contributed by atoms with van der Waals surface area (Å²) in [5.74, 6) is -0.166. The second-order valence-electron chi connectivity index (χ2n) is 4.21. The van der Waals surface area contributed by atoms with Crippen molar-refractivity contribution < 1.29 is 4.39 Å². The van der Waals surface area contributed by atoms with Gasteiger partial charge in [-0.15, -0.1) is 0 Å². The standard InChI is InChI=1S/C14H14ClFN2/c1-10(8-11-4-2-3-5-13(11)16)18-12-6-7-14(15)17-9-12/h2-7,9-10,18H,8H2,1H3. The molecule has 1 aromatic carbocycles. The summed E-state index contributed by atoms with van der Waals surface area (Å²) in [7, 11) is 0. The molecule has 2 aromatic rings. The zero-order valence-electron chi connectivity index (χ0n) is 10.0. The van der Waals surface area contributed by atoms with Crippen LogP contribution in [0.2, 0.25) is 5.15 Å². The van der Waals surface area contributed by atoms with Crippen molar-refractivity contribution in [3.05, 3.63) is 59.1 Å². The second kappa shape index (κ2) is 5.83. The van der Waals surface area contributed by atoms with Crippen LogP contribution in [0.15, 0.2) is 42.6 Å². The van der Waals surface area contributed by atoms with Crippen molar-refractivity contribution in [2.24, 2.45) is 0 Å². The van der Waals surface area contributed by atoms with Crippen molar-refractivity contribution in [1.82, 2.24) is 4.98 Å². The number of rotatable bonds is 4. The maximum Gasteiger partial charge on any atom is 0.129 e. The van der Waals surface area contributed by atoms with Crippen molar-refractivity contribution in [1.29, 1.82) is 0 Å². The smallest absolute Gasteiger partial charge is 0.129 e. The first-order valence-corrected chi connectivity index (χ1v) is 6.14. The van der Waals surface area contributed by atoms with Gasteiger partial charge in [0.15, 0.2) is 0 Å². The molecule has 2 rings (SSSR count). The number of aromatic nitrogens is 1. The maximum absolute atomic E-state index is 13.5. The van der Waals surface area contributed by atoms with Gasteiger partial charge in [0.2, 0.25) is 0 Å². The van der Waals surface area contributed by atoms with Crippen LogP contribution < -0.4 is 5.32 Å². The molecule has 0 fully saturated rings. The van der Waals surface area contributed by atoms with E-state index in [1.807, 2.05) is 19.1 Å². The van der Waals surface area contributed by atoms with Crippen LogP contribution in [0.4, 0.5) is 10.1 Å². The summed E-state index contributed by atoms with van der Waals surface area (Å²) in [6.45, 7) is 2.00.